The maximum Gasteiger partial charge on any atom is 0.332 e. The number of benzene rings is 2. The first-order valence-electron chi connectivity index (χ1n) is 8.34. The van der Waals surface area contributed by atoms with Gasteiger partial charge in [-0.05, 0) is 43.2 Å². The van der Waals surface area contributed by atoms with Gasteiger partial charge in [0.1, 0.15) is 25.2 Å². The van der Waals surface area contributed by atoms with E-state index in [1.54, 1.807) is 6.07 Å². The molecule has 0 radical (unpaired) electrons. The number of ether oxygens (including phenoxy) is 2. The molecular weight excluding hydrogens is 346 g/mol. The lowest BCUT2D eigenvalue weighted by Gasteiger charge is -2.14. The summed E-state index contributed by atoms with van der Waals surface area (Å²) in [7, 11) is 2.96. The van der Waals surface area contributed by atoms with E-state index in [1.807, 2.05) is 50.2 Å². The lowest BCUT2D eigenvalue weighted by molar-refractivity contribution is -0.131. The van der Waals surface area contributed by atoms with Gasteiger partial charge in [0.2, 0.25) is 0 Å². The molecule has 0 spiro atoms. The average molecular weight is 369 g/mol. The molecule has 6 nitrogen and oxygen atoms in total. The highest BCUT2D eigenvalue weighted by atomic mass is 16.6. The molecule has 0 bridgehead atoms. The van der Waals surface area contributed by atoms with Crippen LogP contribution in [0.15, 0.2) is 53.7 Å². The van der Waals surface area contributed by atoms with Crippen molar-refractivity contribution < 1.29 is 24.2 Å². The van der Waals surface area contributed by atoms with Crippen molar-refractivity contribution in [3.63, 3.8) is 0 Å². The summed E-state index contributed by atoms with van der Waals surface area (Å²) in [4.78, 5) is 15.8. The van der Waals surface area contributed by atoms with Crippen LogP contribution in [0, 0.1) is 6.92 Å². The smallest absolute Gasteiger partial charge is 0.332 e. The Labute approximate surface area is 158 Å². The second kappa shape index (κ2) is 9.43. The van der Waals surface area contributed by atoms with Crippen LogP contribution in [0.5, 0.6) is 5.75 Å². The van der Waals surface area contributed by atoms with Gasteiger partial charge in [0.05, 0.1) is 18.9 Å². The number of methoxy groups -OCH3 is 1. The predicted molar refractivity (Wildman–Crippen MR) is 104 cm³/mol. The lowest BCUT2D eigenvalue weighted by atomic mass is 10.1. The number of hydrogen-bond acceptors (Lipinski definition) is 5. The first kappa shape index (κ1) is 20.0. The Morgan fingerprint density at radius 2 is 1.93 bits per heavy atom. The molecule has 0 aliphatic carbocycles. The van der Waals surface area contributed by atoms with Crippen LogP contribution in [0.1, 0.15) is 29.2 Å². The number of oxime groups is 1. The monoisotopic (exact) mass is 369 g/mol. The zero-order chi connectivity index (χ0) is 19.8. The van der Waals surface area contributed by atoms with Crippen LogP contribution in [0.3, 0.4) is 0 Å². The Bertz CT molecular complexity index is 871. The highest BCUT2D eigenvalue weighted by Crippen LogP contribution is 2.24. The van der Waals surface area contributed by atoms with Crippen LogP contribution < -0.4 is 4.74 Å². The molecule has 2 rings (SSSR count). The van der Waals surface area contributed by atoms with E-state index in [0.29, 0.717) is 5.56 Å². The fourth-order valence-electron chi connectivity index (χ4n) is 2.63. The molecule has 0 saturated heterocycles. The highest BCUT2D eigenvalue weighted by molar-refractivity contribution is 5.98. The topological polar surface area (TPSA) is 77.4 Å². The van der Waals surface area contributed by atoms with Gasteiger partial charge in [0.25, 0.3) is 0 Å². The molecule has 0 fully saturated rings. The van der Waals surface area contributed by atoms with Crippen molar-refractivity contribution in [2.75, 3.05) is 14.2 Å². The van der Waals surface area contributed by atoms with Crippen molar-refractivity contribution in [2.24, 2.45) is 5.16 Å². The average Bonchev–Trinajstić information content (AvgIpc) is 2.65. The molecule has 0 amide bonds. The molecule has 2 aromatic rings. The van der Waals surface area contributed by atoms with Gasteiger partial charge >= 0.3 is 5.97 Å². The third-order valence-corrected chi connectivity index (χ3v) is 3.96. The third-order valence-electron chi connectivity index (χ3n) is 3.96. The zero-order valence-corrected chi connectivity index (χ0v) is 15.9. The number of rotatable bonds is 8. The van der Waals surface area contributed by atoms with E-state index in [-0.39, 0.29) is 12.4 Å². The SMILES string of the molecule is CON=C(C)c1ccc(OCc2ccccc2/C(=C\C(=O)O)OC)c(C)c1. The quantitative estimate of drug-likeness (QED) is 0.329. The van der Waals surface area contributed by atoms with Crippen molar-refractivity contribution >= 4 is 17.4 Å². The fraction of sp³-hybridized carbons (Fsp3) is 0.238. The first-order chi connectivity index (χ1) is 13.0. The largest absolute Gasteiger partial charge is 0.496 e. The van der Waals surface area contributed by atoms with Gasteiger partial charge < -0.3 is 19.4 Å². The van der Waals surface area contributed by atoms with Gasteiger partial charge in [-0.25, -0.2) is 4.79 Å². The summed E-state index contributed by atoms with van der Waals surface area (Å²) < 4.78 is 11.2. The van der Waals surface area contributed by atoms with E-state index in [2.05, 4.69) is 5.16 Å². The first-order valence-corrected chi connectivity index (χ1v) is 8.34. The molecular formula is C21H23NO5. The van der Waals surface area contributed by atoms with Crippen molar-refractivity contribution in [1.82, 2.24) is 0 Å². The molecule has 142 valence electrons. The maximum atomic E-state index is 11.0. The van der Waals surface area contributed by atoms with Crippen molar-refractivity contribution in [3.05, 3.63) is 70.8 Å². The van der Waals surface area contributed by atoms with Gasteiger partial charge in [-0.2, -0.15) is 0 Å². The molecule has 27 heavy (non-hydrogen) atoms. The summed E-state index contributed by atoms with van der Waals surface area (Å²) in [6.07, 6.45) is 1.04. The second-order valence-electron chi connectivity index (χ2n) is 5.84. The molecule has 0 aliphatic heterocycles. The summed E-state index contributed by atoms with van der Waals surface area (Å²) in [5, 5.41) is 12.9. The maximum absolute atomic E-state index is 11.0. The molecule has 1 N–H and O–H groups in total. The molecule has 0 unspecified atom stereocenters. The van der Waals surface area contributed by atoms with E-state index < -0.39 is 5.97 Å². The Morgan fingerprint density at radius 1 is 1.19 bits per heavy atom. The second-order valence-corrected chi connectivity index (χ2v) is 5.84. The lowest BCUT2D eigenvalue weighted by Crippen LogP contribution is -2.04. The predicted octanol–water partition coefficient (Wildman–Crippen LogP) is 4.02. The van der Waals surface area contributed by atoms with Gasteiger partial charge in [-0.3, -0.25) is 0 Å². The van der Waals surface area contributed by atoms with Crippen LogP contribution in [0.25, 0.3) is 5.76 Å². The van der Waals surface area contributed by atoms with Gasteiger partial charge in [-0.15, -0.1) is 0 Å². The van der Waals surface area contributed by atoms with Crippen molar-refractivity contribution in [2.45, 2.75) is 20.5 Å². The summed E-state index contributed by atoms with van der Waals surface area (Å²) in [5.74, 6) is -0.0535. The zero-order valence-electron chi connectivity index (χ0n) is 15.9. The molecule has 0 heterocycles. The number of hydrogen-bond donors (Lipinski definition) is 1. The van der Waals surface area contributed by atoms with E-state index in [9.17, 15) is 4.79 Å². The van der Waals surface area contributed by atoms with E-state index in [4.69, 9.17) is 19.4 Å². The number of carboxylic acid groups (broad SMARTS) is 1. The highest BCUT2D eigenvalue weighted by Gasteiger charge is 2.11. The van der Waals surface area contributed by atoms with E-state index >= 15 is 0 Å². The number of aliphatic carboxylic acids is 1. The third kappa shape index (κ3) is 5.34. The molecule has 6 heteroatoms. The number of aryl methyl sites for hydroxylation is 1. The summed E-state index contributed by atoms with van der Waals surface area (Å²) in [6, 6.07) is 13.1. The fourth-order valence-corrected chi connectivity index (χ4v) is 2.63. The van der Waals surface area contributed by atoms with Crippen LogP contribution in [-0.2, 0) is 21.0 Å². The molecule has 2 aromatic carbocycles. The Hall–Kier alpha value is -3.28. The Balaban J connectivity index is 2.23. The van der Waals surface area contributed by atoms with E-state index in [0.717, 1.165) is 34.2 Å². The Kier molecular flexibility index (Phi) is 7.00. The minimum atomic E-state index is -1.07. The van der Waals surface area contributed by atoms with Crippen LogP contribution in [-0.4, -0.2) is 31.0 Å². The van der Waals surface area contributed by atoms with Crippen LogP contribution in [0.2, 0.25) is 0 Å². The number of carboxylic acids is 1. The standard InChI is InChI=1S/C21H23NO5/c1-14-11-16(15(2)22-26-4)9-10-19(14)27-13-17-7-5-6-8-18(17)20(25-3)12-21(23)24/h5-12H,13H2,1-4H3,(H,23,24)/b20-12+,22-15?. The van der Waals surface area contributed by atoms with Gasteiger partial charge in [0.15, 0.2) is 0 Å². The molecule has 0 aromatic heterocycles. The van der Waals surface area contributed by atoms with Crippen molar-refractivity contribution in [1.29, 1.82) is 0 Å². The molecule has 0 atom stereocenters. The minimum absolute atomic E-state index is 0.278. The van der Waals surface area contributed by atoms with E-state index in [1.165, 1.54) is 14.2 Å². The summed E-state index contributed by atoms with van der Waals surface area (Å²) in [5.41, 5.74) is 4.20. The molecule has 0 aliphatic rings. The molecule has 0 saturated carbocycles. The normalized spacial score (nSPS) is 11.9. The van der Waals surface area contributed by atoms with Crippen LogP contribution >= 0.6 is 0 Å². The minimum Gasteiger partial charge on any atom is -0.496 e. The number of carbonyl (C=O) groups is 1. The summed E-state index contributed by atoms with van der Waals surface area (Å²) >= 11 is 0. The number of nitrogens with zero attached hydrogens (tertiary/aromatic N) is 1. The van der Waals surface area contributed by atoms with Gasteiger partial charge in [0, 0.05) is 11.1 Å². The Morgan fingerprint density at radius 3 is 2.56 bits per heavy atom. The van der Waals surface area contributed by atoms with Gasteiger partial charge in [-0.1, -0.05) is 29.4 Å². The summed E-state index contributed by atoms with van der Waals surface area (Å²) in [6.45, 7) is 4.10. The van der Waals surface area contributed by atoms with Crippen molar-refractivity contribution in [3.8, 4) is 5.75 Å². The van der Waals surface area contributed by atoms with Crippen LogP contribution in [0.4, 0.5) is 0 Å².